The topological polar surface area (TPSA) is 67.4 Å². The summed E-state index contributed by atoms with van der Waals surface area (Å²) in [6, 6.07) is 11.2. The number of thiophene rings is 1. The van der Waals surface area contributed by atoms with Crippen LogP contribution in [0.5, 0.6) is 0 Å². The first-order valence-corrected chi connectivity index (χ1v) is 10.1. The number of rotatable bonds is 7. The maximum atomic E-state index is 12.4. The standard InChI is InChI=1S/C20H25ClN2O3S/c1-20(2,3)26-19(25)22-12-4-7-17(24)23-18(16-6-5-13-27-16)14-8-10-15(21)11-9-14/h5-6,8-11,13,18H,4,7,12H2,1-3H3,(H,22,25)(H,23,24). The lowest BCUT2D eigenvalue weighted by Gasteiger charge is -2.20. The van der Waals surface area contributed by atoms with Crippen LogP contribution in [0, 0.1) is 0 Å². The Labute approximate surface area is 169 Å². The smallest absolute Gasteiger partial charge is 0.407 e. The second-order valence-corrected chi connectivity index (χ2v) is 8.52. The number of hydrogen-bond acceptors (Lipinski definition) is 4. The molecule has 0 bridgehead atoms. The van der Waals surface area contributed by atoms with Gasteiger partial charge in [0.2, 0.25) is 5.91 Å². The molecule has 1 unspecified atom stereocenters. The summed E-state index contributed by atoms with van der Waals surface area (Å²) in [5, 5.41) is 8.36. The molecule has 0 radical (unpaired) electrons. The van der Waals surface area contributed by atoms with E-state index in [0.717, 1.165) is 10.4 Å². The van der Waals surface area contributed by atoms with Crippen molar-refractivity contribution in [2.45, 2.75) is 45.3 Å². The Morgan fingerprint density at radius 1 is 1.19 bits per heavy atom. The van der Waals surface area contributed by atoms with Gasteiger partial charge >= 0.3 is 6.09 Å². The van der Waals surface area contributed by atoms with E-state index in [0.29, 0.717) is 24.4 Å². The van der Waals surface area contributed by atoms with Crippen molar-refractivity contribution in [3.63, 3.8) is 0 Å². The van der Waals surface area contributed by atoms with Crippen molar-refractivity contribution in [1.82, 2.24) is 10.6 Å². The molecule has 7 heteroatoms. The minimum atomic E-state index is -0.534. The van der Waals surface area contributed by atoms with Crippen molar-refractivity contribution in [2.24, 2.45) is 0 Å². The van der Waals surface area contributed by atoms with Crippen LogP contribution < -0.4 is 10.6 Å². The van der Waals surface area contributed by atoms with Gasteiger partial charge < -0.3 is 15.4 Å². The number of alkyl carbamates (subject to hydrolysis) is 1. The number of hydrogen-bond donors (Lipinski definition) is 2. The van der Waals surface area contributed by atoms with Crippen molar-refractivity contribution in [3.05, 3.63) is 57.2 Å². The van der Waals surface area contributed by atoms with E-state index in [-0.39, 0.29) is 11.9 Å². The van der Waals surface area contributed by atoms with Gasteiger partial charge in [-0.2, -0.15) is 0 Å². The van der Waals surface area contributed by atoms with E-state index in [2.05, 4.69) is 10.6 Å². The van der Waals surface area contributed by atoms with Crippen molar-refractivity contribution in [3.8, 4) is 0 Å². The molecule has 0 saturated heterocycles. The zero-order valence-electron chi connectivity index (χ0n) is 15.8. The number of carbonyl (C=O) groups excluding carboxylic acids is 2. The molecule has 2 aromatic rings. The summed E-state index contributed by atoms with van der Waals surface area (Å²) >= 11 is 7.56. The number of ether oxygens (including phenoxy) is 1. The number of carbonyl (C=O) groups is 2. The zero-order chi connectivity index (χ0) is 19.9. The molecule has 0 aliphatic rings. The van der Waals surface area contributed by atoms with Gasteiger partial charge in [0, 0.05) is 22.9 Å². The Hall–Kier alpha value is -2.05. The molecule has 1 aromatic carbocycles. The molecule has 0 fully saturated rings. The summed E-state index contributed by atoms with van der Waals surface area (Å²) in [5.74, 6) is -0.0747. The van der Waals surface area contributed by atoms with Crippen molar-refractivity contribution in [1.29, 1.82) is 0 Å². The highest BCUT2D eigenvalue weighted by molar-refractivity contribution is 7.10. The minimum absolute atomic E-state index is 0.0747. The van der Waals surface area contributed by atoms with Gasteiger partial charge in [-0.25, -0.2) is 4.79 Å². The first-order valence-electron chi connectivity index (χ1n) is 8.80. The normalized spacial score (nSPS) is 12.3. The summed E-state index contributed by atoms with van der Waals surface area (Å²) in [6.07, 6.45) is 0.370. The summed E-state index contributed by atoms with van der Waals surface area (Å²) in [7, 11) is 0. The van der Waals surface area contributed by atoms with Crippen molar-refractivity contribution < 1.29 is 14.3 Å². The lowest BCUT2D eigenvalue weighted by molar-refractivity contribution is -0.121. The molecule has 27 heavy (non-hydrogen) atoms. The Morgan fingerprint density at radius 2 is 1.89 bits per heavy atom. The molecular formula is C20H25ClN2O3S. The molecule has 2 N–H and O–H groups in total. The fourth-order valence-electron chi connectivity index (χ4n) is 2.42. The first-order chi connectivity index (χ1) is 12.7. The van der Waals surface area contributed by atoms with E-state index in [9.17, 15) is 9.59 Å². The number of benzene rings is 1. The fourth-order valence-corrected chi connectivity index (χ4v) is 3.34. The molecule has 1 heterocycles. The van der Waals surface area contributed by atoms with Crippen LogP contribution in [0.3, 0.4) is 0 Å². The summed E-state index contributed by atoms with van der Waals surface area (Å²) < 4.78 is 5.17. The molecule has 0 aliphatic carbocycles. The highest BCUT2D eigenvalue weighted by atomic mass is 35.5. The van der Waals surface area contributed by atoms with Gasteiger partial charge in [-0.1, -0.05) is 29.8 Å². The molecule has 2 rings (SSSR count). The predicted molar refractivity (Wildman–Crippen MR) is 109 cm³/mol. The number of nitrogens with one attached hydrogen (secondary N) is 2. The van der Waals surface area contributed by atoms with Crippen molar-refractivity contribution in [2.75, 3.05) is 6.54 Å². The highest BCUT2D eigenvalue weighted by Crippen LogP contribution is 2.27. The van der Waals surface area contributed by atoms with Crippen LogP contribution in [-0.4, -0.2) is 24.1 Å². The maximum absolute atomic E-state index is 12.4. The average Bonchev–Trinajstić information content (AvgIpc) is 3.10. The van der Waals surface area contributed by atoms with Crippen LogP contribution in [0.15, 0.2) is 41.8 Å². The molecular weight excluding hydrogens is 384 g/mol. The maximum Gasteiger partial charge on any atom is 0.407 e. The Bertz CT molecular complexity index is 740. The molecule has 1 atom stereocenters. The molecule has 0 saturated carbocycles. The second-order valence-electron chi connectivity index (χ2n) is 7.10. The SMILES string of the molecule is CC(C)(C)OC(=O)NCCCC(=O)NC(c1ccc(Cl)cc1)c1cccs1. The molecule has 2 amide bonds. The quantitative estimate of drug-likeness (QED) is 0.639. The van der Waals surface area contributed by atoms with Gasteiger partial charge in [-0.15, -0.1) is 11.3 Å². The third-order valence-electron chi connectivity index (χ3n) is 3.59. The summed E-state index contributed by atoms with van der Waals surface area (Å²) in [6.45, 7) is 5.80. The van der Waals surface area contributed by atoms with E-state index >= 15 is 0 Å². The van der Waals surface area contributed by atoms with Gasteiger partial charge in [0.25, 0.3) is 0 Å². The van der Waals surface area contributed by atoms with Crippen LogP contribution in [0.4, 0.5) is 4.79 Å². The molecule has 146 valence electrons. The highest BCUT2D eigenvalue weighted by Gasteiger charge is 2.18. The monoisotopic (exact) mass is 408 g/mol. The molecule has 5 nitrogen and oxygen atoms in total. The molecule has 1 aromatic heterocycles. The van der Waals surface area contributed by atoms with Crippen LogP contribution in [0.2, 0.25) is 5.02 Å². The largest absolute Gasteiger partial charge is 0.444 e. The van der Waals surface area contributed by atoms with E-state index < -0.39 is 11.7 Å². The second kappa shape index (κ2) is 9.76. The lowest BCUT2D eigenvalue weighted by Crippen LogP contribution is -2.34. The third kappa shape index (κ3) is 7.61. The summed E-state index contributed by atoms with van der Waals surface area (Å²) in [5.41, 5.74) is 0.440. The van der Waals surface area contributed by atoms with Gasteiger partial charge in [-0.05, 0) is 56.3 Å². The minimum Gasteiger partial charge on any atom is -0.444 e. The Morgan fingerprint density at radius 3 is 2.48 bits per heavy atom. The lowest BCUT2D eigenvalue weighted by atomic mass is 10.1. The average molecular weight is 409 g/mol. The summed E-state index contributed by atoms with van der Waals surface area (Å²) in [4.78, 5) is 25.0. The van der Waals surface area contributed by atoms with Gasteiger partial charge in [0.15, 0.2) is 0 Å². The Kier molecular flexibility index (Phi) is 7.68. The van der Waals surface area contributed by atoms with Crippen LogP contribution in [-0.2, 0) is 9.53 Å². The fraction of sp³-hybridized carbons (Fsp3) is 0.400. The third-order valence-corrected chi connectivity index (χ3v) is 4.77. The van der Waals surface area contributed by atoms with Gasteiger partial charge in [0.1, 0.15) is 5.60 Å². The van der Waals surface area contributed by atoms with E-state index in [1.54, 1.807) is 11.3 Å². The van der Waals surface area contributed by atoms with Gasteiger partial charge in [0.05, 0.1) is 6.04 Å². The first kappa shape index (κ1) is 21.3. The van der Waals surface area contributed by atoms with Crippen LogP contribution in [0.25, 0.3) is 0 Å². The van der Waals surface area contributed by atoms with Crippen molar-refractivity contribution >= 4 is 34.9 Å². The zero-order valence-corrected chi connectivity index (χ0v) is 17.3. The number of amides is 2. The molecule has 0 aliphatic heterocycles. The van der Waals surface area contributed by atoms with Crippen LogP contribution >= 0.6 is 22.9 Å². The predicted octanol–water partition coefficient (Wildman–Crippen LogP) is 4.91. The van der Waals surface area contributed by atoms with Gasteiger partial charge in [-0.3, -0.25) is 4.79 Å². The molecule has 0 spiro atoms. The van der Waals surface area contributed by atoms with Crippen LogP contribution in [0.1, 0.15) is 50.1 Å². The van der Waals surface area contributed by atoms with E-state index in [1.165, 1.54) is 0 Å². The van der Waals surface area contributed by atoms with E-state index in [4.69, 9.17) is 16.3 Å². The number of halogens is 1. The Balaban J connectivity index is 1.86. The van der Waals surface area contributed by atoms with E-state index in [1.807, 2.05) is 62.5 Å².